The molecule has 8 heteroatoms. The molecule has 102 valence electrons. The Bertz CT molecular complexity index is 593. The molecule has 19 heavy (non-hydrogen) atoms. The van der Waals surface area contributed by atoms with Crippen LogP contribution in [0.2, 0.25) is 0 Å². The summed E-state index contributed by atoms with van der Waals surface area (Å²) in [6.07, 6.45) is -5.73. The third-order valence-corrected chi connectivity index (χ3v) is 2.28. The van der Waals surface area contributed by atoms with Crippen LogP contribution in [-0.2, 0) is 6.18 Å². The van der Waals surface area contributed by atoms with Gasteiger partial charge in [0, 0.05) is 5.56 Å². The molecule has 4 nitrogen and oxygen atoms in total. The Hall–Kier alpha value is -1.96. The number of aliphatic hydroxyl groups is 1. The number of rotatable bonds is 2. The van der Waals surface area contributed by atoms with E-state index in [-0.39, 0.29) is 17.3 Å². The molecule has 0 aliphatic heterocycles. The van der Waals surface area contributed by atoms with E-state index >= 15 is 0 Å². The summed E-state index contributed by atoms with van der Waals surface area (Å²) in [5.41, 5.74) is -1.33. The van der Waals surface area contributed by atoms with E-state index in [2.05, 4.69) is 14.7 Å². The minimum Gasteiger partial charge on any atom is -0.384 e. The predicted octanol–water partition coefficient (Wildman–Crippen LogP) is 2.95. The van der Waals surface area contributed by atoms with E-state index in [1.807, 2.05) is 0 Å². The Kier molecular flexibility index (Phi) is 3.27. The first-order valence-electron chi connectivity index (χ1n) is 5.17. The molecule has 0 saturated carbocycles. The maximum absolute atomic E-state index is 13.2. The van der Waals surface area contributed by atoms with Gasteiger partial charge in [-0.1, -0.05) is 5.16 Å². The molecule has 2 rings (SSSR count). The zero-order valence-electron chi connectivity index (χ0n) is 9.57. The van der Waals surface area contributed by atoms with E-state index in [0.717, 1.165) is 6.07 Å². The second-order valence-electron chi connectivity index (χ2n) is 3.86. The van der Waals surface area contributed by atoms with Crippen LogP contribution < -0.4 is 0 Å². The molecule has 0 aliphatic rings. The minimum absolute atomic E-state index is 0.159. The van der Waals surface area contributed by atoms with E-state index < -0.39 is 23.7 Å². The maximum Gasteiger partial charge on any atom is 0.416 e. The van der Waals surface area contributed by atoms with Gasteiger partial charge in [0.05, 0.1) is 5.56 Å². The molecule has 1 aromatic carbocycles. The topological polar surface area (TPSA) is 59.2 Å². The van der Waals surface area contributed by atoms with E-state index in [0.29, 0.717) is 12.1 Å². The van der Waals surface area contributed by atoms with Crippen molar-refractivity contribution in [3.8, 4) is 11.4 Å². The monoisotopic (exact) mass is 276 g/mol. The highest BCUT2D eigenvalue weighted by molar-refractivity contribution is 5.56. The van der Waals surface area contributed by atoms with E-state index in [4.69, 9.17) is 0 Å². The number of alkyl halides is 3. The van der Waals surface area contributed by atoms with Crippen LogP contribution in [0.4, 0.5) is 17.6 Å². The van der Waals surface area contributed by atoms with Crippen molar-refractivity contribution in [3.05, 3.63) is 35.5 Å². The third-order valence-electron chi connectivity index (χ3n) is 2.28. The molecular weight excluding hydrogens is 268 g/mol. The first-order chi connectivity index (χ1) is 8.77. The molecule has 1 unspecified atom stereocenters. The number of nitrogens with zero attached hydrogens (tertiary/aromatic N) is 2. The van der Waals surface area contributed by atoms with Gasteiger partial charge in [-0.15, -0.1) is 0 Å². The van der Waals surface area contributed by atoms with Crippen LogP contribution >= 0.6 is 0 Å². The lowest BCUT2D eigenvalue weighted by molar-refractivity contribution is -0.137. The van der Waals surface area contributed by atoms with Gasteiger partial charge in [-0.3, -0.25) is 0 Å². The largest absolute Gasteiger partial charge is 0.416 e. The standard InChI is InChI=1S/C11H8F4N2O2/c1-5(18)10-16-9(17-19-10)6-2-7(11(13,14)15)4-8(12)3-6/h2-5,18H,1H3. The van der Waals surface area contributed by atoms with Crippen LogP contribution in [-0.4, -0.2) is 15.2 Å². The van der Waals surface area contributed by atoms with Crippen molar-refractivity contribution in [2.75, 3.05) is 0 Å². The fourth-order valence-corrected chi connectivity index (χ4v) is 1.40. The van der Waals surface area contributed by atoms with Gasteiger partial charge in [-0.2, -0.15) is 18.2 Å². The Morgan fingerprint density at radius 3 is 2.47 bits per heavy atom. The van der Waals surface area contributed by atoms with Gasteiger partial charge >= 0.3 is 6.18 Å². The smallest absolute Gasteiger partial charge is 0.384 e. The van der Waals surface area contributed by atoms with Gasteiger partial charge in [-0.25, -0.2) is 4.39 Å². The van der Waals surface area contributed by atoms with Crippen molar-refractivity contribution in [2.24, 2.45) is 0 Å². The lowest BCUT2D eigenvalue weighted by Gasteiger charge is -2.07. The number of aliphatic hydroxyl groups excluding tert-OH is 1. The van der Waals surface area contributed by atoms with Crippen LogP contribution in [0.3, 0.4) is 0 Å². The number of halogens is 4. The van der Waals surface area contributed by atoms with Crippen molar-refractivity contribution in [2.45, 2.75) is 19.2 Å². The van der Waals surface area contributed by atoms with Crippen molar-refractivity contribution < 1.29 is 27.2 Å². The summed E-state index contributed by atoms with van der Waals surface area (Å²) in [5.74, 6) is -1.44. The molecule has 1 aromatic heterocycles. The quantitative estimate of drug-likeness (QED) is 0.857. The first kappa shape index (κ1) is 13.5. The van der Waals surface area contributed by atoms with Crippen LogP contribution in [0.25, 0.3) is 11.4 Å². The highest BCUT2D eigenvalue weighted by atomic mass is 19.4. The Morgan fingerprint density at radius 1 is 1.26 bits per heavy atom. The number of hydrogen-bond donors (Lipinski definition) is 1. The number of benzene rings is 1. The SMILES string of the molecule is CC(O)c1nc(-c2cc(F)cc(C(F)(F)F)c2)no1. The van der Waals surface area contributed by atoms with Gasteiger partial charge in [0.1, 0.15) is 11.9 Å². The maximum atomic E-state index is 13.2. The average molecular weight is 276 g/mol. The van der Waals surface area contributed by atoms with Crippen LogP contribution in [0.15, 0.2) is 22.7 Å². The highest BCUT2D eigenvalue weighted by Crippen LogP contribution is 2.32. The zero-order valence-corrected chi connectivity index (χ0v) is 9.57. The predicted molar refractivity (Wildman–Crippen MR) is 55.3 cm³/mol. The second kappa shape index (κ2) is 4.61. The van der Waals surface area contributed by atoms with E-state index in [9.17, 15) is 22.7 Å². The van der Waals surface area contributed by atoms with Crippen LogP contribution in [0.1, 0.15) is 24.5 Å². The molecule has 0 radical (unpaired) electrons. The van der Waals surface area contributed by atoms with Crippen molar-refractivity contribution in [3.63, 3.8) is 0 Å². The van der Waals surface area contributed by atoms with Gasteiger partial charge in [-0.05, 0) is 25.1 Å². The lowest BCUT2D eigenvalue weighted by Crippen LogP contribution is -2.05. The summed E-state index contributed by atoms with van der Waals surface area (Å²) in [7, 11) is 0. The van der Waals surface area contributed by atoms with Crippen molar-refractivity contribution in [1.29, 1.82) is 0 Å². The Morgan fingerprint density at radius 2 is 1.95 bits per heavy atom. The molecular formula is C11H8F4N2O2. The zero-order chi connectivity index (χ0) is 14.2. The molecule has 1 N–H and O–H groups in total. The molecule has 0 amide bonds. The molecule has 2 aromatic rings. The summed E-state index contributed by atoms with van der Waals surface area (Å²) < 4.78 is 55.4. The molecule has 0 spiro atoms. The highest BCUT2D eigenvalue weighted by Gasteiger charge is 2.32. The Balaban J connectivity index is 2.47. The van der Waals surface area contributed by atoms with Gasteiger partial charge in [0.25, 0.3) is 5.89 Å². The summed E-state index contributed by atoms with van der Waals surface area (Å²) in [4.78, 5) is 3.68. The molecule has 0 bridgehead atoms. The molecule has 0 fully saturated rings. The number of aromatic nitrogens is 2. The third kappa shape index (κ3) is 2.90. The van der Waals surface area contributed by atoms with Gasteiger partial charge < -0.3 is 9.63 Å². The summed E-state index contributed by atoms with van der Waals surface area (Å²) >= 11 is 0. The molecule has 1 atom stereocenters. The average Bonchev–Trinajstić information content (AvgIpc) is 2.76. The van der Waals surface area contributed by atoms with Crippen molar-refractivity contribution >= 4 is 0 Å². The summed E-state index contributed by atoms with van der Waals surface area (Å²) in [6, 6.07) is 1.94. The molecule has 1 heterocycles. The van der Waals surface area contributed by atoms with E-state index in [1.54, 1.807) is 0 Å². The fraction of sp³-hybridized carbons (Fsp3) is 0.273. The van der Waals surface area contributed by atoms with E-state index in [1.165, 1.54) is 6.92 Å². The van der Waals surface area contributed by atoms with Gasteiger partial charge in [0.2, 0.25) is 5.82 Å². The minimum atomic E-state index is -4.67. The molecule has 0 aliphatic carbocycles. The summed E-state index contributed by atoms with van der Waals surface area (Å²) in [6.45, 7) is 1.35. The van der Waals surface area contributed by atoms with Crippen LogP contribution in [0.5, 0.6) is 0 Å². The van der Waals surface area contributed by atoms with Gasteiger partial charge in [0.15, 0.2) is 0 Å². The van der Waals surface area contributed by atoms with Crippen LogP contribution in [0, 0.1) is 5.82 Å². The summed E-state index contributed by atoms with van der Waals surface area (Å²) in [5, 5.41) is 12.6. The lowest BCUT2D eigenvalue weighted by atomic mass is 10.1. The second-order valence-corrected chi connectivity index (χ2v) is 3.86. The molecule has 0 saturated heterocycles. The fourth-order valence-electron chi connectivity index (χ4n) is 1.40. The first-order valence-corrected chi connectivity index (χ1v) is 5.17. The Labute approximate surface area is 104 Å². The normalized spacial score (nSPS) is 13.6. The number of hydrogen-bond acceptors (Lipinski definition) is 4. The van der Waals surface area contributed by atoms with Crippen molar-refractivity contribution in [1.82, 2.24) is 10.1 Å².